The van der Waals surface area contributed by atoms with E-state index in [0.29, 0.717) is 45.4 Å². The quantitative estimate of drug-likeness (QED) is 0.474. The van der Waals surface area contributed by atoms with Gasteiger partial charge < -0.3 is 13.9 Å². The van der Waals surface area contributed by atoms with Crippen molar-refractivity contribution < 1.29 is 13.9 Å². The van der Waals surface area contributed by atoms with Gasteiger partial charge in [0.2, 0.25) is 5.89 Å². The minimum atomic E-state index is -0.463. The number of ether oxygens (including phenoxy) is 2. The van der Waals surface area contributed by atoms with Crippen LogP contribution in [-0.4, -0.2) is 33.3 Å². The van der Waals surface area contributed by atoms with Crippen LogP contribution in [0.25, 0.3) is 22.5 Å². The number of aryl methyl sites for hydroxylation is 4. The summed E-state index contributed by atoms with van der Waals surface area (Å²) in [5.41, 5.74) is 2.20. The molecule has 0 aliphatic carbocycles. The number of pyridine rings is 1. The molecular weight excluding hydrogens is 412 g/mol. The van der Waals surface area contributed by atoms with Gasteiger partial charge in [-0.1, -0.05) is 0 Å². The summed E-state index contributed by atoms with van der Waals surface area (Å²) in [6.45, 7) is 5.40. The van der Waals surface area contributed by atoms with E-state index in [2.05, 4.69) is 9.97 Å². The molecule has 4 rings (SSSR count). The largest absolute Gasteiger partial charge is 0.493 e. The van der Waals surface area contributed by atoms with Crippen molar-refractivity contribution in [2.24, 2.45) is 7.05 Å². The van der Waals surface area contributed by atoms with E-state index in [9.17, 15) is 9.59 Å². The second kappa shape index (κ2) is 7.99. The van der Waals surface area contributed by atoms with Crippen molar-refractivity contribution in [3.63, 3.8) is 0 Å². The zero-order valence-electron chi connectivity index (χ0n) is 18.8. The zero-order chi connectivity index (χ0) is 23.2. The van der Waals surface area contributed by atoms with Crippen molar-refractivity contribution >= 4 is 11.0 Å². The molecule has 0 aliphatic heterocycles. The molecule has 32 heavy (non-hydrogen) atoms. The average Bonchev–Trinajstić information content (AvgIpc) is 3.14. The number of oxazole rings is 1. The average molecular weight is 436 g/mol. The summed E-state index contributed by atoms with van der Waals surface area (Å²) < 4.78 is 19.0. The lowest BCUT2D eigenvalue weighted by atomic mass is 10.1. The van der Waals surface area contributed by atoms with Gasteiger partial charge in [0.25, 0.3) is 5.56 Å². The Morgan fingerprint density at radius 3 is 2.41 bits per heavy atom. The number of nitrogens with zero attached hydrogens (tertiary/aromatic N) is 4. The monoisotopic (exact) mass is 436 g/mol. The van der Waals surface area contributed by atoms with Crippen LogP contribution in [0.15, 0.2) is 38.3 Å². The number of hydrogen-bond acceptors (Lipinski definition) is 7. The minimum Gasteiger partial charge on any atom is -0.493 e. The van der Waals surface area contributed by atoms with E-state index in [1.54, 1.807) is 46.4 Å². The highest BCUT2D eigenvalue weighted by molar-refractivity contribution is 5.78. The third-order valence-electron chi connectivity index (χ3n) is 5.45. The molecule has 9 nitrogen and oxygen atoms in total. The lowest BCUT2D eigenvalue weighted by molar-refractivity contribution is 0.355. The normalized spacial score (nSPS) is 11.2. The molecule has 0 spiro atoms. The highest BCUT2D eigenvalue weighted by Gasteiger charge is 2.19. The van der Waals surface area contributed by atoms with Crippen molar-refractivity contribution in [2.45, 2.75) is 27.3 Å². The summed E-state index contributed by atoms with van der Waals surface area (Å²) in [6.07, 6.45) is 0. The van der Waals surface area contributed by atoms with Gasteiger partial charge in [0.05, 0.1) is 26.2 Å². The molecule has 3 aromatic heterocycles. The predicted octanol–water partition coefficient (Wildman–Crippen LogP) is 2.74. The Balaban J connectivity index is 1.81. The van der Waals surface area contributed by atoms with Crippen molar-refractivity contribution in [2.75, 3.05) is 14.2 Å². The number of aromatic nitrogens is 4. The van der Waals surface area contributed by atoms with Crippen LogP contribution in [0.3, 0.4) is 0 Å². The predicted molar refractivity (Wildman–Crippen MR) is 120 cm³/mol. The second-order valence-electron chi connectivity index (χ2n) is 7.60. The van der Waals surface area contributed by atoms with Gasteiger partial charge in [-0.3, -0.25) is 13.9 Å². The molecule has 0 saturated heterocycles. The topological polar surface area (TPSA) is 101 Å². The van der Waals surface area contributed by atoms with E-state index in [1.165, 1.54) is 4.57 Å². The minimum absolute atomic E-state index is 0.0165. The van der Waals surface area contributed by atoms with E-state index in [-0.39, 0.29) is 6.54 Å². The van der Waals surface area contributed by atoms with Gasteiger partial charge in [-0.15, -0.1) is 0 Å². The van der Waals surface area contributed by atoms with E-state index >= 15 is 0 Å². The molecule has 0 unspecified atom stereocenters. The van der Waals surface area contributed by atoms with Crippen LogP contribution in [0.5, 0.6) is 11.5 Å². The summed E-state index contributed by atoms with van der Waals surface area (Å²) in [4.78, 5) is 35.1. The van der Waals surface area contributed by atoms with Gasteiger partial charge >= 0.3 is 5.69 Å². The van der Waals surface area contributed by atoms with Crippen molar-refractivity contribution in [3.05, 3.63) is 67.8 Å². The van der Waals surface area contributed by atoms with Crippen LogP contribution in [0.1, 0.15) is 22.7 Å². The first-order valence-corrected chi connectivity index (χ1v) is 10.0. The third kappa shape index (κ3) is 3.45. The van der Waals surface area contributed by atoms with Gasteiger partial charge in [0, 0.05) is 18.3 Å². The Morgan fingerprint density at radius 1 is 1.00 bits per heavy atom. The number of hydrogen-bond donors (Lipinski definition) is 0. The molecule has 0 saturated carbocycles. The SMILES string of the molecule is COc1ccc(-c2nc(Cn3c(=O)c4c(C)cc(C)nc4n(C)c3=O)c(C)o2)cc1OC. The van der Waals surface area contributed by atoms with Gasteiger partial charge in [0.15, 0.2) is 11.5 Å². The molecular formula is C23H24N4O5. The summed E-state index contributed by atoms with van der Waals surface area (Å²) >= 11 is 0. The molecule has 0 atom stereocenters. The third-order valence-corrected chi connectivity index (χ3v) is 5.45. The molecule has 166 valence electrons. The standard InChI is InChI=1S/C23H24N4O5/c1-12-9-13(2)24-20-19(12)22(28)27(23(29)26(20)4)11-16-14(3)32-21(25-16)15-7-8-17(30-5)18(10-15)31-6/h7-10H,11H2,1-6H3. The summed E-state index contributed by atoms with van der Waals surface area (Å²) in [6, 6.07) is 7.14. The Hall–Kier alpha value is -3.88. The molecule has 4 aromatic rings. The van der Waals surface area contributed by atoms with Crippen LogP contribution < -0.4 is 20.7 Å². The number of methoxy groups -OCH3 is 2. The molecule has 9 heteroatoms. The fourth-order valence-electron chi connectivity index (χ4n) is 3.77. The van der Waals surface area contributed by atoms with E-state index in [1.807, 2.05) is 19.9 Å². The first-order chi connectivity index (χ1) is 15.2. The fraction of sp³-hybridized carbons (Fsp3) is 0.304. The maximum atomic E-state index is 13.2. The highest BCUT2D eigenvalue weighted by atomic mass is 16.5. The van der Waals surface area contributed by atoms with Crippen molar-refractivity contribution in [1.29, 1.82) is 0 Å². The second-order valence-corrected chi connectivity index (χ2v) is 7.60. The molecule has 0 bridgehead atoms. The summed E-state index contributed by atoms with van der Waals surface area (Å²) in [5.74, 6) is 2.01. The fourth-order valence-corrected chi connectivity index (χ4v) is 3.77. The van der Waals surface area contributed by atoms with Crippen LogP contribution in [0, 0.1) is 20.8 Å². The van der Waals surface area contributed by atoms with Crippen molar-refractivity contribution in [3.8, 4) is 23.0 Å². The number of benzene rings is 1. The number of rotatable bonds is 5. The van der Waals surface area contributed by atoms with Crippen molar-refractivity contribution in [1.82, 2.24) is 19.1 Å². The van der Waals surface area contributed by atoms with E-state index in [4.69, 9.17) is 13.9 Å². The van der Waals surface area contributed by atoms with E-state index < -0.39 is 11.2 Å². The van der Waals surface area contributed by atoms with Crippen LogP contribution >= 0.6 is 0 Å². The Labute approximate surface area is 183 Å². The first kappa shape index (κ1) is 21.4. The van der Waals surface area contributed by atoms with Crippen LogP contribution in [-0.2, 0) is 13.6 Å². The smallest absolute Gasteiger partial charge is 0.332 e. The molecule has 0 fully saturated rings. The molecule has 0 amide bonds. The first-order valence-electron chi connectivity index (χ1n) is 10.0. The van der Waals surface area contributed by atoms with Gasteiger partial charge in [-0.2, -0.15) is 0 Å². The number of fused-ring (bicyclic) bond motifs is 1. The van der Waals surface area contributed by atoms with Gasteiger partial charge in [0.1, 0.15) is 17.1 Å². The maximum absolute atomic E-state index is 13.2. The molecule has 1 aromatic carbocycles. The van der Waals surface area contributed by atoms with Crippen LogP contribution in [0.2, 0.25) is 0 Å². The maximum Gasteiger partial charge on any atom is 0.332 e. The zero-order valence-corrected chi connectivity index (χ0v) is 18.8. The molecule has 0 N–H and O–H groups in total. The van der Waals surface area contributed by atoms with Gasteiger partial charge in [-0.05, 0) is 50.6 Å². The molecule has 0 aliphatic rings. The Bertz CT molecular complexity index is 1460. The van der Waals surface area contributed by atoms with E-state index in [0.717, 1.165) is 15.8 Å². The lowest BCUT2D eigenvalue weighted by Crippen LogP contribution is -2.40. The summed E-state index contributed by atoms with van der Waals surface area (Å²) in [7, 11) is 4.72. The summed E-state index contributed by atoms with van der Waals surface area (Å²) in [5, 5.41) is 0.416. The Kier molecular flexibility index (Phi) is 5.33. The molecule has 3 heterocycles. The van der Waals surface area contributed by atoms with Gasteiger partial charge in [-0.25, -0.2) is 14.8 Å². The highest BCUT2D eigenvalue weighted by Crippen LogP contribution is 2.32. The van der Waals surface area contributed by atoms with Crippen LogP contribution in [0.4, 0.5) is 0 Å². The lowest BCUT2D eigenvalue weighted by Gasteiger charge is -2.11. The Morgan fingerprint density at radius 2 is 1.72 bits per heavy atom. The molecule has 0 radical (unpaired) electrons.